The molecule has 0 aliphatic carbocycles. The predicted octanol–water partition coefficient (Wildman–Crippen LogP) is 3.76. The Morgan fingerprint density at radius 1 is 1.15 bits per heavy atom. The van der Waals surface area contributed by atoms with Crippen LogP contribution in [0.2, 0.25) is 0 Å². The van der Waals surface area contributed by atoms with Crippen LogP contribution in [0.4, 0.5) is 26.2 Å². The highest BCUT2D eigenvalue weighted by Crippen LogP contribution is 2.31. The van der Waals surface area contributed by atoms with Gasteiger partial charge in [0.2, 0.25) is 0 Å². The van der Waals surface area contributed by atoms with Crippen molar-refractivity contribution in [3.8, 4) is 0 Å². The number of nitrogens with zero attached hydrogens (tertiary/aromatic N) is 2. The third-order valence-corrected chi connectivity index (χ3v) is 4.34. The number of imidazole rings is 1. The first-order valence-electron chi connectivity index (χ1n) is 8.36. The van der Waals surface area contributed by atoms with Gasteiger partial charge in [0.25, 0.3) is 0 Å². The summed E-state index contributed by atoms with van der Waals surface area (Å²) in [6.45, 7) is 1.65. The third-order valence-electron chi connectivity index (χ3n) is 4.34. The lowest BCUT2D eigenvalue weighted by Crippen LogP contribution is -2.21. The molecule has 1 aliphatic heterocycles. The van der Waals surface area contributed by atoms with Crippen LogP contribution in [0.3, 0.4) is 0 Å². The van der Waals surface area contributed by atoms with Gasteiger partial charge >= 0.3 is 6.03 Å². The van der Waals surface area contributed by atoms with E-state index in [1.165, 1.54) is 29.8 Å². The molecule has 3 N–H and O–H groups in total. The van der Waals surface area contributed by atoms with Gasteiger partial charge in [-0.25, -0.2) is 14.2 Å². The van der Waals surface area contributed by atoms with E-state index in [1.54, 1.807) is 6.33 Å². The molecule has 4 rings (SSSR count). The van der Waals surface area contributed by atoms with Crippen molar-refractivity contribution < 1.29 is 9.18 Å². The van der Waals surface area contributed by atoms with E-state index in [2.05, 4.69) is 25.5 Å². The Kier molecular flexibility index (Phi) is 4.27. The summed E-state index contributed by atoms with van der Waals surface area (Å²) in [6.07, 6.45) is 4.53. The van der Waals surface area contributed by atoms with Crippen molar-refractivity contribution in [3.05, 3.63) is 72.1 Å². The number of fused-ring (bicyclic) bond motifs is 1. The lowest BCUT2D eigenvalue weighted by molar-refractivity contribution is 0.262. The van der Waals surface area contributed by atoms with Gasteiger partial charge in [0.15, 0.2) is 0 Å². The standard InChI is InChI=1S/C19H18FN5O/c20-14-2-5-15(6-3-14)23-19(26)24-16-4-1-13-7-8-25(18(13)9-16)11-17-10-21-12-22-17/h1-6,9-10,12H,7-8,11H2,(H,21,22)(H2,23,24,26). The fourth-order valence-electron chi connectivity index (χ4n) is 3.09. The summed E-state index contributed by atoms with van der Waals surface area (Å²) in [5, 5.41) is 5.51. The molecule has 0 radical (unpaired) electrons. The number of aromatic nitrogens is 2. The average Bonchev–Trinajstić information content (AvgIpc) is 3.28. The lowest BCUT2D eigenvalue weighted by Gasteiger charge is -2.19. The molecule has 2 amide bonds. The van der Waals surface area contributed by atoms with E-state index in [-0.39, 0.29) is 11.8 Å². The van der Waals surface area contributed by atoms with E-state index in [1.807, 2.05) is 24.4 Å². The molecule has 2 aromatic carbocycles. The molecule has 0 spiro atoms. The summed E-state index contributed by atoms with van der Waals surface area (Å²) < 4.78 is 12.9. The second-order valence-corrected chi connectivity index (χ2v) is 6.16. The number of aromatic amines is 1. The van der Waals surface area contributed by atoms with Crippen LogP contribution in [0.15, 0.2) is 55.0 Å². The summed E-state index contributed by atoms with van der Waals surface area (Å²) in [7, 11) is 0. The van der Waals surface area contributed by atoms with Gasteiger partial charge < -0.3 is 20.5 Å². The minimum absolute atomic E-state index is 0.341. The molecule has 7 heteroatoms. The Hall–Kier alpha value is -3.35. The molecule has 0 unspecified atom stereocenters. The molecular weight excluding hydrogens is 333 g/mol. The van der Waals surface area contributed by atoms with Crippen molar-refractivity contribution >= 4 is 23.1 Å². The number of benzene rings is 2. The highest BCUT2D eigenvalue weighted by Gasteiger charge is 2.20. The number of H-pyrrole nitrogens is 1. The first kappa shape index (κ1) is 16.1. The zero-order chi connectivity index (χ0) is 17.9. The predicted molar refractivity (Wildman–Crippen MR) is 98.8 cm³/mol. The molecule has 2 heterocycles. The summed E-state index contributed by atoms with van der Waals surface area (Å²) in [6, 6.07) is 11.2. The van der Waals surface area contributed by atoms with Crippen LogP contribution in [0.1, 0.15) is 11.3 Å². The number of amides is 2. The van der Waals surface area contributed by atoms with E-state index in [0.29, 0.717) is 11.4 Å². The van der Waals surface area contributed by atoms with E-state index >= 15 is 0 Å². The minimum Gasteiger partial charge on any atom is -0.365 e. The number of hydrogen-bond acceptors (Lipinski definition) is 3. The first-order valence-corrected chi connectivity index (χ1v) is 8.36. The SMILES string of the molecule is O=C(Nc1ccc(F)cc1)Nc1ccc2c(c1)N(Cc1c[nH]cn1)CC2. The van der Waals surface area contributed by atoms with Gasteiger partial charge in [-0.2, -0.15) is 0 Å². The molecule has 6 nitrogen and oxygen atoms in total. The monoisotopic (exact) mass is 351 g/mol. The average molecular weight is 351 g/mol. The van der Waals surface area contributed by atoms with Gasteiger partial charge in [-0.1, -0.05) is 6.07 Å². The van der Waals surface area contributed by atoms with Crippen molar-refractivity contribution in [1.82, 2.24) is 9.97 Å². The maximum Gasteiger partial charge on any atom is 0.323 e. The molecule has 1 aromatic heterocycles. The van der Waals surface area contributed by atoms with Crippen molar-refractivity contribution in [1.29, 1.82) is 0 Å². The number of urea groups is 1. The number of anilines is 3. The van der Waals surface area contributed by atoms with Gasteiger partial charge in [0, 0.05) is 29.8 Å². The number of halogens is 1. The molecular formula is C19H18FN5O. The summed E-state index contributed by atoms with van der Waals surface area (Å²) >= 11 is 0. The molecule has 132 valence electrons. The number of hydrogen-bond donors (Lipinski definition) is 3. The van der Waals surface area contributed by atoms with Gasteiger partial charge in [0.1, 0.15) is 5.82 Å². The van der Waals surface area contributed by atoms with Crippen molar-refractivity contribution in [3.63, 3.8) is 0 Å². The summed E-state index contributed by atoms with van der Waals surface area (Å²) in [5.41, 5.74) is 4.57. The lowest BCUT2D eigenvalue weighted by atomic mass is 10.1. The third kappa shape index (κ3) is 3.51. The number of rotatable bonds is 4. The van der Waals surface area contributed by atoms with Crippen LogP contribution in [0.25, 0.3) is 0 Å². The molecule has 0 atom stereocenters. The Bertz CT molecular complexity index is 908. The summed E-state index contributed by atoms with van der Waals surface area (Å²) in [5.74, 6) is -0.341. The number of carbonyl (C=O) groups excluding carboxylic acids is 1. The van der Waals surface area contributed by atoms with Crippen LogP contribution in [0, 0.1) is 5.82 Å². The zero-order valence-corrected chi connectivity index (χ0v) is 14.0. The van der Waals surface area contributed by atoms with E-state index in [9.17, 15) is 9.18 Å². The van der Waals surface area contributed by atoms with Crippen LogP contribution in [-0.2, 0) is 13.0 Å². The molecule has 0 fully saturated rings. The van der Waals surface area contributed by atoms with Gasteiger partial charge in [-0.15, -0.1) is 0 Å². The van der Waals surface area contributed by atoms with E-state index < -0.39 is 0 Å². The fourth-order valence-corrected chi connectivity index (χ4v) is 3.09. The van der Waals surface area contributed by atoms with Crippen LogP contribution < -0.4 is 15.5 Å². The Morgan fingerprint density at radius 3 is 2.69 bits per heavy atom. The minimum atomic E-state index is -0.367. The Morgan fingerprint density at radius 2 is 1.92 bits per heavy atom. The van der Waals surface area contributed by atoms with Crippen molar-refractivity contribution in [2.24, 2.45) is 0 Å². The normalized spacial score (nSPS) is 12.7. The van der Waals surface area contributed by atoms with Crippen LogP contribution in [0.5, 0.6) is 0 Å². The zero-order valence-electron chi connectivity index (χ0n) is 14.0. The second kappa shape index (κ2) is 6.87. The molecule has 0 bridgehead atoms. The molecule has 26 heavy (non-hydrogen) atoms. The second-order valence-electron chi connectivity index (χ2n) is 6.16. The highest BCUT2D eigenvalue weighted by atomic mass is 19.1. The molecule has 0 saturated heterocycles. The van der Waals surface area contributed by atoms with E-state index in [0.717, 1.165) is 30.9 Å². The quantitative estimate of drug-likeness (QED) is 0.670. The highest BCUT2D eigenvalue weighted by molar-refractivity contribution is 6.00. The largest absolute Gasteiger partial charge is 0.365 e. The summed E-state index contributed by atoms with van der Waals surface area (Å²) in [4.78, 5) is 21.6. The van der Waals surface area contributed by atoms with Gasteiger partial charge in [0.05, 0.1) is 18.6 Å². The maximum atomic E-state index is 12.9. The van der Waals surface area contributed by atoms with E-state index in [4.69, 9.17) is 0 Å². The van der Waals surface area contributed by atoms with Crippen molar-refractivity contribution in [2.75, 3.05) is 22.1 Å². The molecule has 0 saturated carbocycles. The molecule has 3 aromatic rings. The van der Waals surface area contributed by atoms with Crippen molar-refractivity contribution in [2.45, 2.75) is 13.0 Å². The smallest absolute Gasteiger partial charge is 0.323 e. The van der Waals surface area contributed by atoms with Crippen LogP contribution >= 0.6 is 0 Å². The Balaban J connectivity index is 1.44. The maximum absolute atomic E-state index is 12.9. The van der Waals surface area contributed by atoms with Crippen LogP contribution in [-0.4, -0.2) is 22.5 Å². The topological polar surface area (TPSA) is 73.1 Å². The number of carbonyl (C=O) groups is 1. The fraction of sp³-hybridized carbons (Fsp3) is 0.158. The van der Waals surface area contributed by atoms with Gasteiger partial charge in [-0.05, 0) is 48.4 Å². The molecule has 1 aliphatic rings. The van der Waals surface area contributed by atoms with Gasteiger partial charge in [-0.3, -0.25) is 0 Å². The first-order chi connectivity index (χ1) is 12.7. The number of nitrogens with one attached hydrogen (secondary N) is 3. The Labute approximate surface area is 150 Å².